The van der Waals surface area contributed by atoms with E-state index in [2.05, 4.69) is 23.9 Å². The molecule has 0 bridgehead atoms. The molecule has 0 aliphatic heterocycles. The Morgan fingerprint density at radius 1 is 1.33 bits per heavy atom. The lowest BCUT2D eigenvalue weighted by Gasteiger charge is -2.14. The predicted molar refractivity (Wildman–Crippen MR) is 70.8 cm³/mol. The maximum Gasteiger partial charge on any atom is 0.273 e. The minimum atomic E-state index is -3.48. The summed E-state index contributed by atoms with van der Waals surface area (Å²) in [5.74, 6) is 0.637. The fourth-order valence-electron chi connectivity index (χ4n) is 1.74. The van der Waals surface area contributed by atoms with Crippen molar-refractivity contribution in [3.8, 4) is 0 Å². The fraction of sp³-hybridized carbons (Fsp3) is 0.667. The second kappa shape index (κ2) is 6.92. The molecule has 0 saturated carbocycles. The molecule has 1 rings (SSSR count). The van der Waals surface area contributed by atoms with Crippen LogP contribution >= 0.6 is 0 Å². The molecule has 0 spiro atoms. The Morgan fingerprint density at radius 2 is 2.06 bits per heavy atom. The number of hydrogen-bond donors (Lipinski definition) is 2. The third-order valence-electron chi connectivity index (χ3n) is 2.87. The lowest BCUT2D eigenvalue weighted by molar-refractivity contribution is 0.377. The zero-order chi connectivity index (χ0) is 13.6. The van der Waals surface area contributed by atoms with E-state index >= 15 is 0 Å². The van der Waals surface area contributed by atoms with Crippen LogP contribution in [-0.2, 0) is 16.6 Å². The summed E-state index contributed by atoms with van der Waals surface area (Å²) >= 11 is 0. The zero-order valence-corrected chi connectivity index (χ0v) is 12.0. The van der Waals surface area contributed by atoms with Gasteiger partial charge in [-0.25, -0.2) is 13.1 Å². The van der Waals surface area contributed by atoms with Gasteiger partial charge >= 0.3 is 0 Å². The van der Waals surface area contributed by atoms with Crippen molar-refractivity contribution >= 4 is 10.0 Å². The van der Waals surface area contributed by atoms with Crippen molar-refractivity contribution in [3.63, 3.8) is 0 Å². The van der Waals surface area contributed by atoms with Crippen LogP contribution in [0.4, 0.5) is 0 Å². The Kier molecular flexibility index (Phi) is 5.84. The van der Waals surface area contributed by atoms with Crippen LogP contribution in [0.5, 0.6) is 0 Å². The average molecular weight is 274 g/mol. The van der Waals surface area contributed by atoms with Gasteiger partial charge in [0, 0.05) is 6.04 Å². The monoisotopic (exact) mass is 274 g/mol. The van der Waals surface area contributed by atoms with Gasteiger partial charge in [0.05, 0.1) is 6.54 Å². The number of hydrogen-bond acceptors (Lipinski definition) is 4. The molecule has 0 radical (unpaired) electrons. The molecule has 1 aromatic heterocycles. The highest BCUT2D eigenvalue weighted by Crippen LogP contribution is 2.13. The summed E-state index contributed by atoms with van der Waals surface area (Å²) in [4.78, 5) is 0. The maximum atomic E-state index is 11.5. The predicted octanol–water partition coefficient (Wildman–Crippen LogP) is 1.86. The molecule has 2 N–H and O–H groups in total. The number of nitrogens with one attached hydrogen (secondary N) is 2. The first-order chi connectivity index (χ1) is 8.53. The van der Waals surface area contributed by atoms with Crippen molar-refractivity contribution < 1.29 is 12.8 Å². The van der Waals surface area contributed by atoms with Gasteiger partial charge in [-0.05, 0) is 32.0 Å². The van der Waals surface area contributed by atoms with E-state index in [1.807, 2.05) is 0 Å². The number of rotatable bonds is 8. The minimum Gasteiger partial charge on any atom is -0.447 e. The third kappa shape index (κ3) is 4.12. The summed E-state index contributed by atoms with van der Waals surface area (Å²) in [5.41, 5.74) is 0. The molecular weight excluding hydrogens is 252 g/mol. The van der Waals surface area contributed by atoms with E-state index in [9.17, 15) is 8.42 Å². The van der Waals surface area contributed by atoms with Gasteiger partial charge in [0.25, 0.3) is 10.0 Å². The molecule has 104 valence electrons. The van der Waals surface area contributed by atoms with E-state index in [4.69, 9.17) is 4.42 Å². The quantitative estimate of drug-likeness (QED) is 0.759. The van der Waals surface area contributed by atoms with Gasteiger partial charge in [0.2, 0.25) is 5.09 Å². The van der Waals surface area contributed by atoms with Crippen molar-refractivity contribution in [2.24, 2.45) is 0 Å². The van der Waals surface area contributed by atoms with Gasteiger partial charge in [-0.1, -0.05) is 20.3 Å². The third-order valence-corrected chi connectivity index (χ3v) is 4.15. The first-order valence-electron chi connectivity index (χ1n) is 6.29. The van der Waals surface area contributed by atoms with Gasteiger partial charge in [-0.15, -0.1) is 0 Å². The normalized spacial score (nSPS) is 13.7. The smallest absolute Gasteiger partial charge is 0.273 e. The van der Waals surface area contributed by atoms with Crippen molar-refractivity contribution in [1.29, 1.82) is 0 Å². The SMILES string of the molecule is CCCC(CC)NCc1ccc(S(=O)(=O)NC)o1. The number of sulfonamides is 1. The Bertz CT molecular complexity index is 454. The minimum absolute atomic E-state index is 0.0367. The van der Waals surface area contributed by atoms with E-state index in [0.29, 0.717) is 18.3 Å². The summed E-state index contributed by atoms with van der Waals surface area (Å²) in [5, 5.41) is 3.32. The summed E-state index contributed by atoms with van der Waals surface area (Å²) < 4.78 is 30.5. The van der Waals surface area contributed by atoms with Gasteiger partial charge in [-0.3, -0.25) is 0 Å². The Labute approximate surface area is 109 Å². The molecule has 1 atom stereocenters. The van der Waals surface area contributed by atoms with Crippen molar-refractivity contribution in [2.45, 2.75) is 50.8 Å². The largest absolute Gasteiger partial charge is 0.447 e. The first-order valence-corrected chi connectivity index (χ1v) is 7.77. The molecule has 6 heteroatoms. The Balaban J connectivity index is 2.59. The van der Waals surface area contributed by atoms with Crippen LogP contribution in [0.2, 0.25) is 0 Å². The van der Waals surface area contributed by atoms with E-state index in [0.717, 1.165) is 19.3 Å². The average Bonchev–Trinajstić information content (AvgIpc) is 2.84. The highest BCUT2D eigenvalue weighted by Gasteiger charge is 2.16. The van der Waals surface area contributed by atoms with Crippen LogP contribution in [0.3, 0.4) is 0 Å². The summed E-state index contributed by atoms with van der Waals surface area (Å²) in [6.07, 6.45) is 3.29. The van der Waals surface area contributed by atoms with Crippen LogP contribution in [0, 0.1) is 0 Å². The second-order valence-electron chi connectivity index (χ2n) is 4.20. The van der Waals surface area contributed by atoms with Crippen molar-refractivity contribution in [3.05, 3.63) is 17.9 Å². The van der Waals surface area contributed by atoms with Crippen LogP contribution in [0.25, 0.3) is 0 Å². The zero-order valence-electron chi connectivity index (χ0n) is 11.2. The topological polar surface area (TPSA) is 71.3 Å². The molecule has 0 aliphatic carbocycles. The molecule has 0 amide bonds. The van der Waals surface area contributed by atoms with Gasteiger partial charge < -0.3 is 9.73 Å². The molecule has 0 aliphatic rings. The first kappa shape index (κ1) is 15.2. The highest BCUT2D eigenvalue weighted by molar-refractivity contribution is 7.89. The second-order valence-corrected chi connectivity index (χ2v) is 6.02. The van der Waals surface area contributed by atoms with E-state index in [1.165, 1.54) is 13.1 Å². The van der Waals surface area contributed by atoms with Crippen molar-refractivity contribution in [1.82, 2.24) is 10.0 Å². The Morgan fingerprint density at radius 3 is 2.61 bits per heavy atom. The lowest BCUT2D eigenvalue weighted by Crippen LogP contribution is -2.27. The molecule has 1 aromatic rings. The molecule has 0 fully saturated rings. The molecular formula is C12H22N2O3S. The standard InChI is InChI=1S/C12H22N2O3S/c1-4-6-10(5-2)14-9-11-7-8-12(17-11)18(15,16)13-3/h7-8,10,13-14H,4-6,9H2,1-3H3. The van der Waals surface area contributed by atoms with Gasteiger partial charge in [0.15, 0.2) is 0 Å². The Hall–Kier alpha value is -0.850. The fourth-order valence-corrected chi connectivity index (χ4v) is 2.41. The van der Waals surface area contributed by atoms with E-state index in [-0.39, 0.29) is 5.09 Å². The molecule has 0 saturated heterocycles. The number of furan rings is 1. The molecule has 5 nitrogen and oxygen atoms in total. The van der Waals surface area contributed by atoms with Gasteiger partial charge in [0.1, 0.15) is 5.76 Å². The summed E-state index contributed by atoms with van der Waals surface area (Å²) in [7, 11) is -2.11. The highest BCUT2D eigenvalue weighted by atomic mass is 32.2. The summed E-state index contributed by atoms with van der Waals surface area (Å²) in [6, 6.07) is 3.61. The molecule has 18 heavy (non-hydrogen) atoms. The van der Waals surface area contributed by atoms with E-state index in [1.54, 1.807) is 6.07 Å². The van der Waals surface area contributed by atoms with Crippen LogP contribution < -0.4 is 10.0 Å². The van der Waals surface area contributed by atoms with Crippen molar-refractivity contribution in [2.75, 3.05) is 7.05 Å². The maximum absolute atomic E-state index is 11.5. The van der Waals surface area contributed by atoms with Crippen LogP contribution in [0.15, 0.2) is 21.6 Å². The molecule has 0 aromatic carbocycles. The van der Waals surface area contributed by atoms with E-state index < -0.39 is 10.0 Å². The lowest BCUT2D eigenvalue weighted by atomic mass is 10.1. The van der Waals surface area contributed by atoms with Gasteiger partial charge in [-0.2, -0.15) is 0 Å². The van der Waals surface area contributed by atoms with Crippen LogP contribution in [0.1, 0.15) is 38.9 Å². The molecule has 1 heterocycles. The van der Waals surface area contributed by atoms with Crippen LogP contribution in [-0.4, -0.2) is 21.5 Å². The summed E-state index contributed by atoms with van der Waals surface area (Å²) in [6.45, 7) is 4.83. The molecule has 1 unspecified atom stereocenters.